The summed E-state index contributed by atoms with van der Waals surface area (Å²) in [4.78, 5) is 14.7. The molecule has 0 bridgehead atoms. The van der Waals surface area contributed by atoms with Crippen LogP contribution < -0.4 is 11.1 Å². The van der Waals surface area contributed by atoms with Crippen LogP contribution in [0.3, 0.4) is 0 Å². The van der Waals surface area contributed by atoms with Crippen LogP contribution in [0.2, 0.25) is 0 Å². The first-order valence-electron chi connectivity index (χ1n) is 7.57. The highest BCUT2D eigenvalue weighted by Crippen LogP contribution is 2.32. The SMILES string of the molecule is CC1CN(C2CC2)CC1NC(=O)[C@@H]1CC[C@H](CN)O1.Cl.Cl. The van der Waals surface area contributed by atoms with E-state index in [-0.39, 0.29) is 49.0 Å². The lowest BCUT2D eigenvalue weighted by atomic mass is 10.1. The van der Waals surface area contributed by atoms with E-state index >= 15 is 0 Å². The summed E-state index contributed by atoms with van der Waals surface area (Å²) in [7, 11) is 0. The zero-order valence-electron chi connectivity index (χ0n) is 12.5. The average Bonchev–Trinajstić information content (AvgIpc) is 3.02. The summed E-state index contributed by atoms with van der Waals surface area (Å²) in [6.45, 7) is 4.86. The summed E-state index contributed by atoms with van der Waals surface area (Å²) >= 11 is 0. The Bertz CT molecular complexity index is 355. The molecule has 3 aliphatic rings. The van der Waals surface area contributed by atoms with Crippen molar-refractivity contribution in [2.75, 3.05) is 19.6 Å². The first-order valence-corrected chi connectivity index (χ1v) is 7.57. The van der Waals surface area contributed by atoms with Crippen LogP contribution in [0.1, 0.15) is 32.6 Å². The number of ether oxygens (including phenoxy) is 1. The Kier molecular flexibility index (Phi) is 7.20. The summed E-state index contributed by atoms with van der Waals surface area (Å²) in [5.74, 6) is 0.599. The molecule has 0 aromatic carbocycles. The number of hydrogen-bond acceptors (Lipinski definition) is 4. The third-order valence-corrected chi connectivity index (χ3v) is 4.69. The molecule has 0 radical (unpaired) electrons. The fourth-order valence-corrected chi connectivity index (χ4v) is 3.28. The van der Waals surface area contributed by atoms with E-state index in [9.17, 15) is 4.79 Å². The van der Waals surface area contributed by atoms with Crippen molar-refractivity contribution in [3.8, 4) is 0 Å². The molecule has 124 valence electrons. The smallest absolute Gasteiger partial charge is 0.249 e. The van der Waals surface area contributed by atoms with Crippen LogP contribution in [0.4, 0.5) is 0 Å². The van der Waals surface area contributed by atoms with Gasteiger partial charge in [0.2, 0.25) is 5.91 Å². The van der Waals surface area contributed by atoms with E-state index in [1.807, 2.05) is 0 Å². The first kappa shape index (κ1) is 19.0. The predicted octanol–water partition coefficient (Wildman–Crippen LogP) is 0.935. The summed E-state index contributed by atoms with van der Waals surface area (Å²) in [5, 5.41) is 3.18. The minimum Gasteiger partial charge on any atom is -0.364 e. The van der Waals surface area contributed by atoms with Gasteiger partial charge < -0.3 is 15.8 Å². The predicted molar refractivity (Wildman–Crippen MR) is 87.1 cm³/mol. The Labute approximate surface area is 139 Å². The molecule has 2 aliphatic heterocycles. The van der Waals surface area contributed by atoms with Crippen molar-refractivity contribution < 1.29 is 9.53 Å². The molecule has 1 amide bonds. The van der Waals surface area contributed by atoms with E-state index in [1.165, 1.54) is 12.8 Å². The Balaban J connectivity index is 0.00000110. The maximum atomic E-state index is 12.2. The Hall–Kier alpha value is -0.0700. The molecule has 21 heavy (non-hydrogen) atoms. The minimum atomic E-state index is -0.282. The molecule has 2 unspecified atom stereocenters. The van der Waals surface area contributed by atoms with Gasteiger partial charge in [0.15, 0.2) is 0 Å². The monoisotopic (exact) mass is 339 g/mol. The number of nitrogens with one attached hydrogen (secondary N) is 1. The van der Waals surface area contributed by atoms with Crippen LogP contribution in [0, 0.1) is 5.92 Å². The molecule has 3 rings (SSSR count). The molecule has 3 fully saturated rings. The number of nitrogens with two attached hydrogens (primary N) is 1. The van der Waals surface area contributed by atoms with Crippen LogP contribution in [0.5, 0.6) is 0 Å². The third-order valence-electron chi connectivity index (χ3n) is 4.69. The molecule has 5 nitrogen and oxygen atoms in total. The maximum Gasteiger partial charge on any atom is 0.249 e. The number of likely N-dealkylation sites (tertiary alicyclic amines) is 1. The second kappa shape index (κ2) is 7.97. The molecular weight excluding hydrogens is 313 g/mol. The van der Waals surface area contributed by atoms with Gasteiger partial charge in [-0.1, -0.05) is 6.92 Å². The molecular formula is C14H27Cl2N3O2. The highest BCUT2D eigenvalue weighted by atomic mass is 35.5. The maximum absolute atomic E-state index is 12.2. The van der Waals surface area contributed by atoms with E-state index in [0.29, 0.717) is 12.5 Å². The number of amides is 1. The summed E-state index contributed by atoms with van der Waals surface area (Å²) in [5.41, 5.74) is 5.58. The van der Waals surface area contributed by atoms with Crippen LogP contribution >= 0.6 is 24.8 Å². The van der Waals surface area contributed by atoms with Crippen molar-refractivity contribution >= 4 is 30.7 Å². The van der Waals surface area contributed by atoms with Crippen molar-refractivity contribution in [3.63, 3.8) is 0 Å². The second-order valence-electron chi connectivity index (χ2n) is 6.34. The standard InChI is InChI=1S/C14H25N3O2.2ClH/c1-9-7-17(10-2-3-10)8-12(9)16-14(18)13-5-4-11(6-15)19-13;;/h9-13H,2-8,15H2,1H3,(H,16,18);2*1H/t9?,11-,12?,13+;;/m1../s1. The first-order chi connectivity index (χ1) is 9.17. The molecule has 2 heterocycles. The van der Waals surface area contributed by atoms with E-state index in [2.05, 4.69) is 17.1 Å². The Morgan fingerprint density at radius 3 is 2.52 bits per heavy atom. The second-order valence-corrected chi connectivity index (χ2v) is 6.34. The number of nitrogens with zero attached hydrogens (tertiary/aromatic N) is 1. The Morgan fingerprint density at radius 1 is 1.24 bits per heavy atom. The van der Waals surface area contributed by atoms with Crippen molar-refractivity contribution in [2.24, 2.45) is 11.7 Å². The molecule has 1 saturated carbocycles. The van der Waals surface area contributed by atoms with Gasteiger partial charge in [0, 0.05) is 31.7 Å². The molecule has 2 saturated heterocycles. The fourth-order valence-electron chi connectivity index (χ4n) is 3.28. The van der Waals surface area contributed by atoms with Crippen molar-refractivity contribution in [2.45, 2.75) is 56.9 Å². The van der Waals surface area contributed by atoms with Gasteiger partial charge in [-0.2, -0.15) is 0 Å². The molecule has 3 N–H and O–H groups in total. The molecule has 7 heteroatoms. The molecule has 4 atom stereocenters. The normalized spacial score (nSPS) is 35.9. The van der Waals surface area contributed by atoms with E-state index < -0.39 is 0 Å². The summed E-state index contributed by atoms with van der Waals surface area (Å²) < 4.78 is 5.65. The number of rotatable bonds is 4. The molecule has 0 aromatic rings. The number of hydrogen-bond donors (Lipinski definition) is 2. The number of halogens is 2. The van der Waals surface area contributed by atoms with Gasteiger partial charge in [-0.25, -0.2) is 0 Å². The molecule has 1 aliphatic carbocycles. The highest BCUT2D eigenvalue weighted by Gasteiger charge is 2.40. The average molecular weight is 340 g/mol. The zero-order valence-corrected chi connectivity index (χ0v) is 14.1. The van der Waals surface area contributed by atoms with Gasteiger partial charge in [-0.05, 0) is 31.6 Å². The van der Waals surface area contributed by atoms with Crippen molar-refractivity contribution in [1.82, 2.24) is 10.2 Å². The summed E-state index contributed by atoms with van der Waals surface area (Å²) in [6.07, 6.45) is 4.16. The minimum absolute atomic E-state index is 0. The lowest BCUT2D eigenvalue weighted by molar-refractivity contribution is -0.132. The lowest BCUT2D eigenvalue weighted by Gasteiger charge is -2.20. The van der Waals surface area contributed by atoms with E-state index in [4.69, 9.17) is 10.5 Å². The van der Waals surface area contributed by atoms with Gasteiger partial charge in [0.05, 0.1) is 6.10 Å². The number of carbonyl (C=O) groups is 1. The van der Waals surface area contributed by atoms with E-state index in [1.54, 1.807) is 0 Å². The van der Waals surface area contributed by atoms with Gasteiger partial charge >= 0.3 is 0 Å². The largest absolute Gasteiger partial charge is 0.364 e. The van der Waals surface area contributed by atoms with Crippen LogP contribution in [0.15, 0.2) is 0 Å². The molecule has 0 spiro atoms. The van der Waals surface area contributed by atoms with Crippen LogP contribution in [-0.2, 0) is 9.53 Å². The van der Waals surface area contributed by atoms with Gasteiger partial charge in [0.25, 0.3) is 0 Å². The lowest BCUT2D eigenvalue weighted by Crippen LogP contribution is -2.45. The molecule has 0 aromatic heterocycles. The third kappa shape index (κ3) is 4.45. The quantitative estimate of drug-likeness (QED) is 0.799. The zero-order chi connectivity index (χ0) is 13.4. The van der Waals surface area contributed by atoms with Crippen LogP contribution in [0.25, 0.3) is 0 Å². The Morgan fingerprint density at radius 2 is 1.95 bits per heavy atom. The highest BCUT2D eigenvalue weighted by molar-refractivity contribution is 5.85. The topological polar surface area (TPSA) is 67.6 Å². The van der Waals surface area contributed by atoms with Gasteiger partial charge in [-0.3, -0.25) is 9.69 Å². The fraction of sp³-hybridized carbons (Fsp3) is 0.929. The summed E-state index contributed by atoms with van der Waals surface area (Å²) in [6, 6.07) is 1.07. The van der Waals surface area contributed by atoms with Crippen LogP contribution in [-0.4, -0.2) is 54.7 Å². The number of carbonyl (C=O) groups excluding carboxylic acids is 1. The van der Waals surface area contributed by atoms with Crippen molar-refractivity contribution in [3.05, 3.63) is 0 Å². The van der Waals surface area contributed by atoms with Gasteiger partial charge in [-0.15, -0.1) is 24.8 Å². The van der Waals surface area contributed by atoms with Gasteiger partial charge in [0.1, 0.15) is 6.10 Å². The van der Waals surface area contributed by atoms with Crippen molar-refractivity contribution in [1.29, 1.82) is 0 Å². The van der Waals surface area contributed by atoms with E-state index in [0.717, 1.165) is 32.0 Å².